The average molecular weight is 270 g/mol. The van der Waals surface area contributed by atoms with Crippen LogP contribution in [0.1, 0.15) is 6.92 Å². The monoisotopic (exact) mass is 270 g/mol. The summed E-state index contributed by atoms with van der Waals surface area (Å²) in [5, 5.41) is 33.3. The van der Waals surface area contributed by atoms with Gasteiger partial charge in [0.1, 0.15) is 5.69 Å². The van der Waals surface area contributed by atoms with Crippen LogP contribution in [0.15, 0.2) is 18.2 Å². The number of nitro groups is 2. The van der Waals surface area contributed by atoms with Crippen molar-refractivity contribution in [3.8, 4) is 0 Å². The van der Waals surface area contributed by atoms with E-state index in [2.05, 4.69) is 5.32 Å². The van der Waals surface area contributed by atoms with E-state index in [1.807, 2.05) is 0 Å². The number of non-ortho nitro benzene ring substituents is 1. The summed E-state index contributed by atoms with van der Waals surface area (Å²) >= 11 is 0. The molecule has 2 unspecified atom stereocenters. The smallest absolute Gasteiger partial charge is 0.299 e. The van der Waals surface area contributed by atoms with Crippen molar-refractivity contribution >= 4 is 17.1 Å². The number of nitrogens with zero attached hydrogens (tertiary/aromatic N) is 2. The maximum absolute atomic E-state index is 10.8. The van der Waals surface area contributed by atoms with E-state index in [1.54, 1.807) is 0 Å². The Labute approximate surface area is 108 Å². The summed E-state index contributed by atoms with van der Waals surface area (Å²) in [5.74, 6) is 0. The first kappa shape index (κ1) is 14.8. The Hall–Kier alpha value is -2.26. The fourth-order valence-corrected chi connectivity index (χ4v) is 1.33. The largest absolute Gasteiger partial charge is 0.392 e. The summed E-state index contributed by atoms with van der Waals surface area (Å²) in [6.45, 7) is 1.60. The lowest BCUT2D eigenvalue weighted by Crippen LogP contribution is -2.38. The molecule has 104 valence electrons. The molecule has 0 aromatic heterocycles. The summed E-state index contributed by atoms with van der Waals surface area (Å²) in [6.07, 6.45) is -0.774. The number of nitrogens with one attached hydrogen (secondary N) is 1. The molecule has 19 heavy (non-hydrogen) atoms. The molecule has 0 fully saturated rings. The molecule has 0 aliphatic rings. The van der Waals surface area contributed by atoms with Crippen molar-refractivity contribution < 1.29 is 15.0 Å². The van der Waals surface area contributed by atoms with Crippen molar-refractivity contribution in [1.82, 2.24) is 0 Å². The Bertz CT molecular complexity index is 491. The Morgan fingerprint density at radius 2 is 2.00 bits per heavy atom. The van der Waals surface area contributed by atoms with E-state index in [1.165, 1.54) is 13.0 Å². The van der Waals surface area contributed by atoms with Gasteiger partial charge in [-0.05, 0) is 13.0 Å². The summed E-state index contributed by atoms with van der Waals surface area (Å²) in [4.78, 5) is 20.0. The first-order valence-electron chi connectivity index (χ1n) is 5.43. The molecule has 0 bridgehead atoms. The van der Waals surface area contributed by atoms with Gasteiger partial charge >= 0.3 is 0 Å². The first-order valence-corrected chi connectivity index (χ1v) is 5.43. The lowest BCUT2D eigenvalue weighted by atomic mass is 10.2. The molecule has 0 aliphatic carbocycles. The van der Waals surface area contributed by atoms with Crippen molar-refractivity contribution in [3.63, 3.8) is 0 Å². The normalized spacial score (nSPS) is 13.6. The highest BCUT2D eigenvalue weighted by atomic mass is 16.6. The molecule has 0 amide bonds. The van der Waals surface area contributed by atoms with E-state index in [0.29, 0.717) is 0 Å². The summed E-state index contributed by atoms with van der Waals surface area (Å²) in [6, 6.07) is 2.67. The fraction of sp³-hybridized carbons (Fsp3) is 0.400. The van der Waals surface area contributed by atoms with Crippen LogP contribution in [0.3, 0.4) is 0 Å². The Morgan fingerprint density at radius 1 is 1.37 bits per heavy atom. The van der Waals surface area contributed by atoms with E-state index in [-0.39, 0.29) is 17.9 Å². The maximum atomic E-state index is 10.8. The molecular formula is C10H14N4O5. The molecule has 9 heteroatoms. The molecule has 2 atom stereocenters. The van der Waals surface area contributed by atoms with Crippen molar-refractivity contribution in [1.29, 1.82) is 0 Å². The highest BCUT2D eigenvalue weighted by Crippen LogP contribution is 2.28. The molecule has 0 heterocycles. The summed E-state index contributed by atoms with van der Waals surface area (Å²) in [7, 11) is 0. The van der Waals surface area contributed by atoms with E-state index in [9.17, 15) is 25.3 Å². The number of anilines is 1. The number of hydrogen-bond acceptors (Lipinski definition) is 7. The van der Waals surface area contributed by atoms with Gasteiger partial charge in [-0.15, -0.1) is 0 Å². The van der Waals surface area contributed by atoms with Crippen LogP contribution >= 0.6 is 0 Å². The van der Waals surface area contributed by atoms with Crippen molar-refractivity contribution in [2.45, 2.75) is 19.1 Å². The molecule has 1 rings (SSSR count). The van der Waals surface area contributed by atoms with Gasteiger partial charge in [0, 0.05) is 18.7 Å². The van der Waals surface area contributed by atoms with Crippen LogP contribution in [-0.2, 0) is 0 Å². The third kappa shape index (κ3) is 3.86. The predicted octanol–water partition coefficient (Wildman–Crippen LogP) is 0.623. The second-order valence-corrected chi connectivity index (χ2v) is 4.00. The van der Waals surface area contributed by atoms with Crippen LogP contribution in [0.2, 0.25) is 0 Å². The Kier molecular flexibility index (Phi) is 4.73. The maximum Gasteiger partial charge on any atom is 0.299 e. The van der Waals surface area contributed by atoms with Gasteiger partial charge in [-0.25, -0.2) is 0 Å². The number of aliphatic hydroxyl groups excluding tert-OH is 1. The van der Waals surface area contributed by atoms with Crippen LogP contribution in [0.25, 0.3) is 0 Å². The van der Waals surface area contributed by atoms with E-state index >= 15 is 0 Å². The van der Waals surface area contributed by atoms with E-state index in [0.717, 1.165) is 12.1 Å². The minimum Gasteiger partial charge on any atom is -0.392 e. The second-order valence-electron chi connectivity index (χ2n) is 4.00. The zero-order valence-corrected chi connectivity index (χ0v) is 10.1. The van der Waals surface area contributed by atoms with Crippen LogP contribution in [0.4, 0.5) is 17.1 Å². The molecule has 0 radical (unpaired) electrons. The molecular weight excluding hydrogens is 256 g/mol. The molecule has 0 saturated carbocycles. The number of benzene rings is 1. The van der Waals surface area contributed by atoms with Crippen molar-refractivity contribution in [2.24, 2.45) is 5.73 Å². The fourth-order valence-electron chi connectivity index (χ4n) is 1.33. The van der Waals surface area contributed by atoms with E-state index in [4.69, 9.17) is 5.73 Å². The quantitative estimate of drug-likeness (QED) is 0.507. The number of nitrogens with two attached hydrogens (primary N) is 1. The van der Waals surface area contributed by atoms with Gasteiger partial charge < -0.3 is 16.2 Å². The lowest BCUT2D eigenvalue weighted by Gasteiger charge is -2.15. The third-order valence-electron chi connectivity index (χ3n) is 2.54. The predicted molar refractivity (Wildman–Crippen MR) is 67.9 cm³/mol. The van der Waals surface area contributed by atoms with Crippen LogP contribution in [0.5, 0.6) is 0 Å². The minimum absolute atomic E-state index is 0.107. The number of aliphatic hydroxyl groups is 1. The molecule has 1 aromatic carbocycles. The molecule has 0 spiro atoms. The number of hydrogen-bond donors (Lipinski definition) is 3. The Balaban J connectivity index is 2.94. The highest BCUT2D eigenvalue weighted by Gasteiger charge is 2.20. The SMILES string of the molecule is CC(O)C(N)CNc1ccc([N+](=O)[O-])cc1[N+](=O)[O-]. The first-order chi connectivity index (χ1) is 8.82. The van der Waals surface area contributed by atoms with Gasteiger partial charge in [-0.2, -0.15) is 0 Å². The molecule has 0 saturated heterocycles. The highest BCUT2D eigenvalue weighted by molar-refractivity contribution is 5.65. The summed E-state index contributed by atoms with van der Waals surface area (Å²) < 4.78 is 0. The van der Waals surface area contributed by atoms with Gasteiger partial charge in [-0.1, -0.05) is 0 Å². The lowest BCUT2D eigenvalue weighted by molar-refractivity contribution is -0.393. The molecule has 0 aliphatic heterocycles. The van der Waals surface area contributed by atoms with Crippen molar-refractivity contribution in [3.05, 3.63) is 38.4 Å². The number of rotatable bonds is 6. The van der Waals surface area contributed by atoms with Gasteiger partial charge in [0.25, 0.3) is 11.4 Å². The minimum atomic E-state index is -0.774. The number of nitro benzene ring substituents is 2. The van der Waals surface area contributed by atoms with Gasteiger partial charge in [0.2, 0.25) is 0 Å². The zero-order valence-electron chi connectivity index (χ0n) is 10.1. The molecule has 9 nitrogen and oxygen atoms in total. The van der Waals surface area contributed by atoms with Crippen LogP contribution < -0.4 is 11.1 Å². The van der Waals surface area contributed by atoms with Crippen molar-refractivity contribution in [2.75, 3.05) is 11.9 Å². The van der Waals surface area contributed by atoms with E-state index < -0.39 is 27.7 Å². The zero-order chi connectivity index (χ0) is 14.6. The Morgan fingerprint density at radius 3 is 2.47 bits per heavy atom. The van der Waals surface area contributed by atoms with Gasteiger partial charge in [0.05, 0.1) is 22.0 Å². The van der Waals surface area contributed by atoms with Crippen LogP contribution in [-0.4, -0.2) is 33.6 Å². The third-order valence-corrected chi connectivity index (χ3v) is 2.54. The average Bonchev–Trinajstić information content (AvgIpc) is 2.35. The second kappa shape index (κ2) is 6.07. The standard InChI is InChI=1S/C10H14N4O5/c1-6(15)8(11)5-12-9-3-2-7(13(16)17)4-10(9)14(18)19/h2-4,6,8,12,15H,5,11H2,1H3. The van der Waals surface area contributed by atoms with Crippen LogP contribution in [0, 0.1) is 20.2 Å². The summed E-state index contributed by atoms with van der Waals surface area (Å²) in [5.41, 5.74) is 4.92. The molecule has 4 N–H and O–H groups in total. The molecule has 1 aromatic rings. The van der Waals surface area contributed by atoms with Gasteiger partial charge in [-0.3, -0.25) is 20.2 Å². The topological polar surface area (TPSA) is 145 Å². The van der Waals surface area contributed by atoms with Gasteiger partial charge in [0.15, 0.2) is 0 Å².